The fourth-order valence-electron chi connectivity index (χ4n) is 1.71. The van der Waals surface area contributed by atoms with E-state index in [1.807, 2.05) is 6.08 Å². The van der Waals surface area contributed by atoms with Crippen molar-refractivity contribution >= 4 is 15.9 Å². The average Bonchev–Trinajstić information content (AvgIpc) is 2.30. The van der Waals surface area contributed by atoms with Gasteiger partial charge in [-0.1, -0.05) is 0 Å². The molecule has 0 radical (unpaired) electrons. The summed E-state index contributed by atoms with van der Waals surface area (Å²) in [5, 5.41) is 12.1. The molecule has 0 aromatic rings. The van der Waals surface area contributed by atoms with E-state index in [9.17, 15) is 0 Å². The van der Waals surface area contributed by atoms with Gasteiger partial charge in [-0.2, -0.15) is 5.26 Å². The molecule has 1 N–H and O–H groups in total. The molecule has 0 aromatic carbocycles. The van der Waals surface area contributed by atoms with Crippen LogP contribution in [0.4, 0.5) is 0 Å². The van der Waals surface area contributed by atoms with Crippen LogP contribution in [0.2, 0.25) is 0 Å². The van der Waals surface area contributed by atoms with Gasteiger partial charge >= 0.3 is 0 Å². The average molecular weight is 270 g/mol. The third-order valence-electron chi connectivity index (χ3n) is 2.47. The third-order valence-corrected chi connectivity index (χ3v) is 2.93. The summed E-state index contributed by atoms with van der Waals surface area (Å²) in [5.41, 5.74) is 1.02. The number of hydrogen-bond donors (Lipinski definition) is 1. The molecule has 1 atom stereocenters. The fourth-order valence-corrected chi connectivity index (χ4v) is 2.08. The first-order valence-electron chi connectivity index (χ1n) is 4.87. The highest BCUT2D eigenvalue weighted by Gasteiger charge is 2.23. The molecule has 0 bridgehead atoms. The second kappa shape index (κ2) is 4.69. The molecule has 4 nitrogen and oxygen atoms in total. The number of nitrogens with one attached hydrogen (secondary N) is 1. The zero-order valence-corrected chi connectivity index (χ0v) is 9.83. The van der Waals surface area contributed by atoms with Gasteiger partial charge in [0.05, 0.1) is 25.0 Å². The Morgan fingerprint density at radius 3 is 2.93 bits per heavy atom. The second-order valence-corrected chi connectivity index (χ2v) is 4.34. The van der Waals surface area contributed by atoms with Crippen molar-refractivity contribution < 1.29 is 4.74 Å². The molecular formula is C10H12BrN3O. The lowest BCUT2D eigenvalue weighted by atomic mass is 10.1. The van der Waals surface area contributed by atoms with Gasteiger partial charge < -0.3 is 15.0 Å². The van der Waals surface area contributed by atoms with E-state index in [2.05, 4.69) is 32.2 Å². The minimum absolute atomic E-state index is 0.246. The Balaban J connectivity index is 2.16. The van der Waals surface area contributed by atoms with Crippen LogP contribution in [0.3, 0.4) is 0 Å². The summed E-state index contributed by atoms with van der Waals surface area (Å²) in [4.78, 5) is 2.19. The lowest BCUT2D eigenvalue weighted by Crippen LogP contribution is -2.43. The monoisotopic (exact) mass is 269 g/mol. The van der Waals surface area contributed by atoms with E-state index < -0.39 is 0 Å². The lowest BCUT2D eigenvalue weighted by molar-refractivity contribution is 0.0513. The van der Waals surface area contributed by atoms with Gasteiger partial charge in [0.25, 0.3) is 0 Å². The van der Waals surface area contributed by atoms with E-state index in [1.54, 1.807) is 6.20 Å². The number of dihydropyridines is 1. The maximum atomic E-state index is 9.02. The van der Waals surface area contributed by atoms with Crippen molar-refractivity contribution in [2.75, 3.05) is 26.3 Å². The predicted octanol–water partition coefficient (Wildman–Crippen LogP) is 0.934. The van der Waals surface area contributed by atoms with Gasteiger partial charge in [0, 0.05) is 23.8 Å². The number of hydrogen-bond acceptors (Lipinski definition) is 4. The molecular weight excluding hydrogens is 258 g/mol. The van der Waals surface area contributed by atoms with Gasteiger partial charge in [0.2, 0.25) is 0 Å². The molecule has 1 fully saturated rings. The fraction of sp³-hybridized carbons (Fsp3) is 0.500. The number of morpholine rings is 1. The summed E-state index contributed by atoms with van der Waals surface area (Å²) in [6, 6.07) is 2.00. The Labute approximate surface area is 97.3 Å². The number of rotatable bonds is 1. The Morgan fingerprint density at radius 2 is 2.27 bits per heavy atom. The molecule has 0 spiro atoms. The van der Waals surface area contributed by atoms with Crippen LogP contribution >= 0.6 is 15.9 Å². The number of nitriles is 1. The van der Waals surface area contributed by atoms with Crippen LogP contribution in [0.25, 0.3) is 0 Å². The lowest BCUT2D eigenvalue weighted by Gasteiger charge is -2.34. The molecule has 2 aliphatic rings. The smallest absolute Gasteiger partial charge is 0.154 e. The first-order chi connectivity index (χ1) is 7.31. The van der Waals surface area contributed by atoms with E-state index >= 15 is 0 Å². The molecule has 2 rings (SSSR count). The van der Waals surface area contributed by atoms with Gasteiger partial charge in [0.15, 0.2) is 6.04 Å². The van der Waals surface area contributed by atoms with E-state index in [0.717, 1.165) is 36.5 Å². The molecule has 0 saturated carbocycles. The molecule has 5 heteroatoms. The Hall–Kier alpha value is -0.990. The summed E-state index contributed by atoms with van der Waals surface area (Å²) in [6.45, 7) is 3.17. The van der Waals surface area contributed by atoms with Crippen LogP contribution in [0.15, 0.2) is 22.5 Å². The minimum atomic E-state index is -0.246. The molecule has 1 unspecified atom stereocenters. The number of nitrogens with zero attached hydrogens (tertiary/aromatic N) is 2. The van der Waals surface area contributed by atoms with Crippen molar-refractivity contribution in [2.24, 2.45) is 0 Å². The quantitative estimate of drug-likeness (QED) is 0.770. The van der Waals surface area contributed by atoms with Crippen molar-refractivity contribution in [2.45, 2.75) is 6.04 Å². The predicted molar refractivity (Wildman–Crippen MR) is 60.0 cm³/mol. The topological polar surface area (TPSA) is 48.3 Å². The number of halogens is 1. The molecule has 1 saturated heterocycles. The molecule has 2 heterocycles. The van der Waals surface area contributed by atoms with Crippen LogP contribution in [0, 0.1) is 11.3 Å². The highest BCUT2D eigenvalue weighted by molar-refractivity contribution is 9.11. The van der Waals surface area contributed by atoms with Crippen molar-refractivity contribution in [3.63, 3.8) is 0 Å². The summed E-state index contributed by atoms with van der Waals surface area (Å²) in [7, 11) is 0. The summed E-state index contributed by atoms with van der Waals surface area (Å²) in [5.74, 6) is 0. The number of ether oxygens (including phenoxy) is 1. The Kier molecular flexibility index (Phi) is 3.29. The van der Waals surface area contributed by atoms with Gasteiger partial charge in [-0.05, 0) is 22.0 Å². The molecule has 2 aliphatic heterocycles. The third kappa shape index (κ3) is 2.33. The zero-order chi connectivity index (χ0) is 10.7. The summed E-state index contributed by atoms with van der Waals surface area (Å²) >= 11 is 3.41. The van der Waals surface area contributed by atoms with Gasteiger partial charge in [-0.3, -0.25) is 0 Å². The van der Waals surface area contributed by atoms with Gasteiger partial charge in [-0.15, -0.1) is 0 Å². The molecule has 15 heavy (non-hydrogen) atoms. The van der Waals surface area contributed by atoms with Crippen molar-refractivity contribution in [1.82, 2.24) is 10.2 Å². The highest BCUT2D eigenvalue weighted by atomic mass is 79.9. The highest BCUT2D eigenvalue weighted by Crippen LogP contribution is 2.20. The van der Waals surface area contributed by atoms with Crippen LogP contribution in [-0.4, -0.2) is 37.2 Å². The standard InChI is InChI=1S/C10H12BrN3O/c11-8-5-10(9(6-12)13-7-8)14-1-3-15-4-2-14/h5,7,9,13H,1-4H2. The second-order valence-electron chi connectivity index (χ2n) is 3.43. The van der Waals surface area contributed by atoms with Crippen LogP contribution in [0.1, 0.15) is 0 Å². The van der Waals surface area contributed by atoms with Gasteiger partial charge in [0.1, 0.15) is 0 Å². The van der Waals surface area contributed by atoms with Crippen LogP contribution in [0.5, 0.6) is 0 Å². The first kappa shape index (κ1) is 10.5. The molecule has 0 aromatic heterocycles. The van der Waals surface area contributed by atoms with Gasteiger partial charge in [-0.25, -0.2) is 0 Å². The minimum Gasteiger partial charge on any atom is -0.378 e. The molecule has 0 amide bonds. The SMILES string of the molecule is N#CC1NC=C(Br)C=C1N1CCOCC1. The van der Waals surface area contributed by atoms with E-state index in [-0.39, 0.29) is 6.04 Å². The first-order valence-corrected chi connectivity index (χ1v) is 5.66. The normalized spacial score (nSPS) is 26.1. The van der Waals surface area contributed by atoms with Crippen molar-refractivity contribution in [3.8, 4) is 6.07 Å². The Morgan fingerprint density at radius 1 is 1.53 bits per heavy atom. The molecule has 0 aliphatic carbocycles. The van der Waals surface area contributed by atoms with Crippen molar-refractivity contribution in [1.29, 1.82) is 5.26 Å². The van der Waals surface area contributed by atoms with E-state index in [1.165, 1.54) is 0 Å². The summed E-state index contributed by atoms with van der Waals surface area (Å²) < 4.78 is 6.26. The maximum Gasteiger partial charge on any atom is 0.154 e. The number of allylic oxidation sites excluding steroid dienone is 2. The maximum absolute atomic E-state index is 9.02. The van der Waals surface area contributed by atoms with Crippen molar-refractivity contribution in [3.05, 3.63) is 22.5 Å². The molecule has 80 valence electrons. The van der Waals surface area contributed by atoms with Crippen LogP contribution < -0.4 is 5.32 Å². The van der Waals surface area contributed by atoms with E-state index in [4.69, 9.17) is 10.00 Å². The van der Waals surface area contributed by atoms with Crippen LogP contribution in [-0.2, 0) is 4.74 Å². The summed E-state index contributed by atoms with van der Waals surface area (Å²) in [6.07, 6.45) is 3.80. The Bertz CT molecular complexity index is 339. The van der Waals surface area contributed by atoms with E-state index in [0.29, 0.717) is 0 Å². The largest absolute Gasteiger partial charge is 0.378 e. The zero-order valence-electron chi connectivity index (χ0n) is 8.24.